The SMILES string of the molecule is CC(c1nc(-c2cccs2)n[nH]1)N1CCNCC1. The first-order chi connectivity index (χ1) is 8.84. The maximum Gasteiger partial charge on any atom is 0.191 e. The summed E-state index contributed by atoms with van der Waals surface area (Å²) in [6.45, 7) is 6.42. The van der Waals surface area contributed by atoms with Crippen LogP contribution in [0.4, 0.5) is 0 Å². The van der Waals surface area contributed by atoms with E-state index in [2.05, 4.69) is 32.3 Å². The molecule has 6 heteroatoms. The number of hydrogen-bond donors (Lipinski definition) is 2. The third-order valence-corrected chi connectivity index (χ3v) is 4.21. The van der Waals surface area contributed by atoms with Crippen LogP contribution >= 0.6 is 11.3 Å². The number of piperazine rings is 1. The van der Waals surface area contributed by atoms with Crippen LogP contribution in [0.25, 0.3) is 10.7 Å². The second-order valence-corrected chi connectivity index (χ2v) is 5.43. The van der Waals surface area contributed by atoms with Crippen LogP contribution in [-0.4, -0.2) is 46.3 Å². The molecule has 0 bridgehead atoms. The molecule has 0 radical (unpaired) electrons. The normalized spacial score (nSPS) is 18.9. The van der Waals surface area contributed by atoms with Crippen LogP contribution in [0, 0.1) is 0 Å². The minimum atomic E-state index is 0.299. The molecule has 1 atom stereocenters. The molecule has 1 fully saturated rings. The van der Waals surface area contributed by atoms with Gasteiger partial charge in [-0.15, -0.1) is 11.3 Å². The van der Waals surface area contributed by atoms with Gasteiger partial charge in [0.05, 0.1) is 10.9 Å². The van der Waals surface area contributed by atoms with Gasteiger partial charge < -0.3 is 5.32 Å². The smallest absolute Gasteiger partial charge is 0.191 e. The van der Waals surface area contributed by atoms with Gasteiger partial charge in [0.25, 0.3) is 0 Å². The molecule has 2 aromatic heterocycles. The molecule has 96 valence electrons. The number of H-pyrrole nitrogens is 1. The summed E-state index contributed by atoms with van der Waals surface area (Å²) >= 11 is 1.67. The number of nitrogens with zero attached hydrogens (tertiary/aromatic N) is 3. The van der Waals surface area contributed by atoms with E-state index in [1.807, 2.05) is 17.5 Å². The van der Waals surface area contributed by atoms with Gasteiger partial charge in [-0.1, -0.05) is 6.07 Å². The van der Waals surface area contributed by atoms with Gasteiger partial charge >= 0.3 is 0 Å². The lowest BCUT2D eigenvalue weighted by atomic mass is 10.2. The molecule has 1 aliphatic heterocycles. The molecule has 1 aliphatic rings. The summed E-state index contributed by atoms with van der Waals surface area (Å²) in [5, 5.41) is 12.8. The molecule has 5 nitrogen and oxygen atoms in total. The minimum Gasteiger partial charge on any atom is -0.314 e. The van der Waals surface area contributed by atoms with Crippen LogP contribution in [0.2, 0.25) is 0 Å². The molecule has 0 spiro atoms. The third-order valence-electron chi connectivity index (χ3n) is 3.34. The lowest BCUT2D eigenvalue weighted by Crippen LogP contribution is -2.44. The molecule has 1 unspecified atom stereocenters. The molecular formula is C12H17N5S. The molecule has 2 aromatic rings. The van der Waals surface area contributed by atoms with E-state index in [-0.39, 0.29) is 0 Å². The molecule has 1 saturated heterocycles. The molecule has 0 amide bonds. The number of hydrogen-bond acceptors (Lipinski definition) is 5. The highest BCUT2D eigenvalue weighted by Gasteiger charge is 2.21. The largest absolute Gasteiger partial charge is 0.314 e. The molecule has 0 aliphatic carbocycles. The Hall–Kier alpha value is -1.24. The lowest BCUT2D eigenvalue weighted by molar-refractivity contribution is 0.179. The second kappa shape index (κ2) is 5.17. The Morgan fingerprint density at radius 3 is 2.94 bits per heavy atom. The third kappa shape index (κ3) is 2.31. The summed E-state index contributed by atoms with van der Waals surface area (Å²) in [4.78, 5) is 8.15. The zero-order chi connectivity index (χ0) is 12.4. The summed E-state index contributed by atoms with van der Waals surface area (Å²) in [5.74, 6) is 1.77. The van der Waals surface area contributed by atoms with Gasteiger partial charge in [-0.25, -0.2) is 4.98 Å². The summed E-state index contributed by atoms with van der Waals surface area (Å²) in [7, 11) is 0. The van der Waals surface area contributed by atoms with E-state index >= 15 is 0 Å². The van der Waals surface area contributed by atoms with Crippen molar-refractivity contribution in [1.29, 1.82) is 0 Å². The Morgan fingerprint density at radius 2 is 2.22 bits per heavy atom. The van der Waals surface area contributed by atoms with Crippen molar-refractivity contribution in [2.75, 3.05) is 26.2 Å². The van der Waals surface area contributed by atoms with Gasteiger partial charge in [0.1, 0.15) is 5.82 Å². The molecular weight excluding hydrogens is 246 g/mol. The topological polar surface area (TPSA) is 56.8 Å². The van der Waals surface area contributed by atoms with Crippen molar-refractivity contribution in [2.24, 2.45) is 0 Å². The molecule has 0 saturated carbocycles. The lowest BCUT2D eigenvalue weighted by Gasteiger charge is -2.31. The highest BCUT2D eigenvalue weighted by atomic mass is 32.1. The number of nitrogens with one attached hydrogen (secondary N) is 2. The first kappa shape index (κ1) is 11.8. The average Bonchev–Trinajstić information content (AvgIpc) is 3.09. The van der Waals surface area contributed by atoms with E-state index < -0.39 is 0 Å². The van der Waals surface area contributed by atoms with E-state index in [1.165, 1.54) is 0 Å². The van der Waals surface area contributed by atoms with E-state index in [0.29, 0.717) is 6.04 Å². The summed E-state index contributed by atoms with van der Waals surface area (Å²) < 4.78 is 0. The first-order valence-electron chi connectivity index (χ1n) is 6.25. The van der Waals surface area contributed by atoms with Crippen LogP contribution in [-0.2, 0) is 0 Å². The standard InChI is InChI=1S/C12H17N5S/c1-9(17-6-4-13-5-7-17)11-14-12(16-15-11)10-3-2-8-18-10/h2-3,8-9,13H,4-7H2,1H3,(H,14,15,16). The van der Waals surface area contributed by atoms with E-state index in [0.717, 1.165) is 42.7 Å². The zero-order valence-corrected chi connectivity index (χ0v) is 11.2. The van der Waals surface area contributed by atoms with Gasteiger partial charge in [0.15, 0.2) is 5.82 Å². The van der Waals surface area contributed by atoms with E-state index in [9.17, 15) is 0 Å². The average molecular weight is 263 g/mol. The van der Waals surface area contributed by atoms with Crippen molar-refractivity contribution in [3.63, 3.8) is 0 Å². The number of rotatable bonds is 3. The minimum absolute atomic E-state index is 0.299. The molecule has 18 heavy (non-hydrogen) atoms. The Kier molecular flexibility index (Phi) is 3.40. The highest BCUT2D eigenvalue weighted by molar-refractivity contribution is 7.13. The van der Waals surface area contributed by atoms with Crippen molar-refractivity contribution in [3.8, 4) is 10.7 Å². The quantitative estimate of drug-likeness (QED) is 0.881. The van der Waals surface area contributed by atoms with Crippen molar-refractivity contribution >= 4 is 11.3 Å². The van der Waals surface area contributed by atoms with Crippen LogP contribution in [0.15, 0.2) is 17.5 Å². The fourth-order valence-electron chi connectivity index (χ4n) is 2.22. The summed E-state index contributed by atoms with van der Waals surface area (Å²) in [6.07, 6.45) is 0. The van der Waals surface area contributed by atoms with Crippen molar-refractivity contribution in [2.45, 2.75) is 13.0 Å². The van der Waals surface area contributed by atoms with Crippen LogP contribution < -0.4 is 5.32 Å². The van der Waals surface area contributed by atoms with Gasteiger partial charge in [-0.2, -0.15) is 5.10 Å². The zero-order valence-electron chi connectivity index (χ0n) is 10.4. The van der Waals surface area contributed by atoms with Gasteiger partial charge in [0.2, 0.25) is 0 Å². The first-order valence-corrected chi connectivity index (χ1v) is 7.13. The van der Waals surface area contributed by atoms with Crippen molar-refractivity contribution in [3.05, 3.63) is 23.3 Å². The predicted molar refractivity (Wildman–Crippen MR) is 72.6 cm³/mol. The van der Waals surface area contributed by atoms with Crippen LogP contribution in [0.1, 0.15) is 18.8 Å². The Morgan fingerprint density at radius 1 is 1.39 bits per heavy atom. The van der Waals surface area contributed by atoms with Crippen LogP contribution in [0.3, 0.4) is 0 Å². The number of thiophene rings is 1. The van der Waals surface area contributed by atoms with Crippen LogP contribution in [0.5, 0.6) is 0 Å². The molecule has 0 aromatic carbocycles. The summed E-state index contributed by atoms with van der Waals surface area (Å²) in [5.41, 5.74) is 0. The Bertz CT molecular complexity index is 486. The van der Waals surface area contributed by atoms with Gasteiger partial charge in [-0.3, -0.25) is 10.00 Å². The predicted octanol–water partition coefficient (Wildman–Crippen LogP) is 1.50. The molecule has 3 heterocycles. The fraction of sp³-hybridized carbons (Fsp3) is 0.500. The fourth-order valence-corrected chi connectivity index (χ4v) is 2.88. The maximum atomic E-state index is 4.61. The summed E-state index contributed by atoms with van der Waals surface area (Å²) in [6, 6.07) is 4.37. The molecule has 3 rings (SSSR count). The van der Waals surface area contributed by atoms with Gasteiger partial charge in [0, 0.05) is 26.2 Å². The maximum absolute atomic E-state index is 4.61. The Balaban J connectivity index is 1.76. The van der Waals surface area contributed by atoms with E-state index in [1.54, 1.807) is 11.3 Å². The highest BCUT2D eigenvalue weighted by Crippen LogP contribution is 2.23. The molecule has 2 N–H and O–H groups in total. The number of aromatic amines is 1. The number of aromatic nitrogens is 3. The second-order valence-electron chi connectivity index (χ2n) is 4.48. The monoisotopic (exact) mass is 263 g/mol. The van der Waals surface area contributed by atoms with Crippen molar-refractivity contribution in [1.82, 2.24) is 25.4 Å². The Labute approximate surface area is 110 Å². The van der Waals surface area contributed by atoms with Gasteiger partial charge in [-0.05, 0) is 18.4 Å². The van der Waals surface area contributed by atoms with E-state index in [4.69, 9.17) is 0 Å². The van der Waals surface area contributed by atoms with Crippen molar-refractivity contribution < 1.29 is 0 Å².